The summed E-state index contributed by atoms with van der Waals surface area (Å²) >= 11 is 0. The molecule has 1 N–H and O–H groups in total. The zero-order valence-electron chi connectivity index (χ0n) is 15.2. The molecule has 2 aliphatic heterocycles. The van der Waals surface area contributed by atoms with E-state index in [1.54, 1.807) is 0 Å². The summed E-state index contributed by atoms with van der Waals surface area (Å²) in [5.41, 5.74) is 2.07. The number of hydrogen-bond donors (Lipinski definition) is 1. The number of ether oxygens (including phenoxy) is 4. The van der Waals surface area contributed by atoms with Crippen LogP contribution in [0.2, 0.25) is 0 Å². The molecule has 6 heteroatoms. The van der Waals surface area contributed by atoms with Crippen molar-refractivity contribution in [2.24, 2.45) is 0 Å². The van der Waals surface area contributed by atoms with Crippen LogP contribution in [0.3, 0.4) is 0 Å². The highest BCUT2D eigenvalue weighted by Crippen LogP contribution is 2.36. The minimum atomic E-state index is 0.000775. The van der Waals surface area contributed by atoms with E-state index in [2.05, 4.69) is 5.32 Å². The summed E-state index contributed by atoms with van der Waals surface area (Å²) < 4.78 is 21.5. The van der Waals surface area contributed by atoms with Gasteiger partial charge in [0.25, 0.3) is 0 Å². The predicted octanol–water partition coefficient (Wildman–Crippen LogP) is 3.20. The fourth-order valence-corrected chi connectivity index (χ4v) is 3.49. The second kappa shape index (κ2) is 6.96. The topological polar surface area (TPSA) is 66.0 Å². The molecule has 0 bridgehead atoms. The second-order valence-electron chi connectivity index (χ2n) is 6.85. The van der Waals surface area contributed by atoms with E-state index in [1.165, 1.54) is 0 Å². The molecule has 0 saturated heterocycles. The Balaban J connectivity index is 1.19. The number of fused-ring (bicyclic) bond motifs is 3. The van der Waals surface area contributed by atoms with Crippen LogP contribution in [-0.2, 0) is 17.6 Å². The van der Waals surface area contributed by atoms with Gasteiger partial charge in [-0.1, -0.05) is 24.3 Å². The summed E-state index contributed by atoms with van der Waals surface area (Å²) in [7, 11) is 0. The van der Waals surface area contributed by atoms with Crippen molar-refractivity contribution in [3.8, 4) is 23.0 Å². The molecule has 0 spiro atoms. The number of carbonyl (C=O) groups is 1. The SMILES string of the molecule is O=C(Cc1ccc2cc3c(cc2c1)OCO3)NCCc1ccc2c(c1)OCO2. The van der Waals surface area contributed by atoms with Crippen molar-refractivity contribution in [1.82, 2.24) is 5.32 Å². The van der Waals surface area contributed by atoms with Gasteiger partial charge in [-0.3, -0.25) is 4.79 Å². The summed E-state index contributed by atoms with van der Waals surface area (Å²) in [4.78, 5) is 12.3. The molecule has 142 valence electrons. The normalized spacial score (nSPS) is 13.7. The zero-order valence-corrected chi connectivity index (χ0v) is 15.2. The summed E-state index contributed by atoms with van der Waals surface area (Å²) in [6.45, 7) is 1.10. The zero-order chi connectivity index (χ0) is 18.9. The van der Waals surface area contributed by atoms with E-state index in [-0.39, 0.29) is 19.5 Å². The third-order valence-electron chi connectivity index (χ3n) is 4.93. The van der Waals surface area contributed by atoms with Gasteiger partial charge in [-0.25, -0.2) is 0 Å². The molecule has 0 saturated carbocycles. The van der Waals surface area contributed by atoms with Gasteiger partial charge < -0.3 is 24.3 Å². The molecule has 2 heterocycles. The Labute approximate surface area is 162 Å². The van der Waals surface area contributed by atoms with Crippen molar-refractivity contribution in [2.45, 2.75) is 12.8 Å². The first-order valence-electron chi connectivity index (χ1n) is 9.22. The Morgan fingerprint density at radius 2 is 1.43 bits per heavy atom. The fraction of sp³-hybridized carbons (Fsp3) is 0.227. The smallest absolute Gasteiger partial charge is 0.231 e. The summed E-state index contributed by atoms with van der Waals surface area (Å²) in [6, 6.07) is 15.8. The van der Waals surface area contributed by atoms with Gasteiger partial charge in [-0.2, -0.15) is 0 Å². The van der Waals surface area contributed by atoms with E-state index in [4.69, 9.17) is 18.9 Å². The largest absolute Gasteiger partial charge is 0.454 e. The first-order chi connectivity index (χ1) is 13.7. The predicted molar refractivity (Wildman–Crippen MR) is 103 cm³/mol. The molecule has 0 atom stereocenters. The van der Waals surface area contributed by atoms with Crippen LogP contribution >= 0.6 is 0 Å². The van der Waals surface area contributed by atoms with Crippen LogP contribution in [0.25, 0.3) is 10.8 Å². The Kier molecular flexibility index (Phi) is 4.16. The minimum Gasteiger partial charge on any atom is -0.454 e. The summed E-state index contributed by atoms with van der Waals surface area (Å²) in [5.74, 6) is 3.05. The van der Waals surface area contributed by atoms with Crippen LogP contribution in [0.1, 0.15) is 11.1 Å². The highest BCUT2D eigenvalue weighted by molar-refractivity contribution is 5.88. The molecule has 28 heavy (non-hydrogen) atoms. The highest BCUT2D eigenvalue weighted by atomic mass is 16.7. The van der Waals surface area contributed by atoms with E-state index in [1.807, 2.05) is 48.5 Å². The number of hydrogen-bond acceptors (Lipinski definition) is 5. The van der Waals surface area contributed by atoms with E-state index in [0.29, 0.717) is 13.0 Å². The quantitative estimate of drug-likeness (QED) is 0.740. The van der Waals surface area contributed by atoms with E-state index >= 15 is 0 Å². The lowest BCUT2D eigenvalue weighted by atomic mass is 10.0. The first-order valence-corrected chi connectivity index (χ1v) is 9.22. The fourth-order valence-electron chi connectivity index (χ4n) is 3.49. The van der Waals surface area contributed by atoms with Gasteiger partial charge >= 0.3 is 0 Å². The molecular formula is C22H19NO5. The Morgan fingerprint density at radius 1 is 0.750 bits per heavy atom. The van der Waals surface area contributed by atoms with Crippen LogP contribution < -0.4 is 24.3 Å². The Hall–Kier alpha value is -3.41. The Bertz CT molecular complexity index is 1060. The molecule has 0 aromatic heterocycles. The molecule has 3 aromatic carbocycles. The van der Waals surface area contributed by atoms with E-state index in [0.717, 1.165) is 51.3 Å². The van der Waals surface area contributed by atoms with Crippen LogP contribution in [0.5, 0.6) is 23.0 Å². The lowest BCUT2D eigenvalue weighted by Crippen LogP contribution is -2.27. The standard InChI is InChI=1S/C22H19NO5/c24-22(23-6-5-14-2-4-18-19(8-14)26-12-25-18)9-15-1-3-16-10-20-21(28-13-27-20)11-17(16)7-15/h1-4,7-8,10-11H,5-6,9,12-13H2,(H,23,24). The second-order valence-corrected chi connectivity index (χ2v) is 6.85. The van der Waals surface area contributed by atoms with Gasteiger partial charge in [0.05, 0.1) is 6.42 Å². The van der Waals surface area contributed by atoms with Gasteiger partial charge in [-0.05, 0) is 52.6 Å². The molecule has 2 aliphatic rings. The van der Waals surface area contributed by atoms with Crippen molar-refractivity contribution in [3.05, 3.63) is 59.7 Å². The van der Waals surface area contributed by atoms with Crippen molar-refractivity contribution < 1.29 is 23.7 Å². The van der Waals surface area contributed by atoms with Crippen LogP contribution in [-0.4, -0.2) is 26.0 Å². The van der Waals surface area contributed by atoms with Crippen LogP contribution in [0, 0.1) is 0 Å². The number of amides is 1. The molecule has 0 fully saturated rings. The lowest BCUT2D eigenvalue weighted by Gasteiger charge is -2.08. The lowest BCUT2D eigenvalue weighted by molar-refractivity contribution is -0.120. The molecule has 0 radical (unpaired) electrons. The molecule has 0 aliphatic carbocycles. The summed E-state index contributed by atoms with van der Waals surface area (Å²) in [6.07, 6.45) is 1.08. The van der Waals surface area contributed by atoms with Gasteiger partial charge in [-0.15, -0.1) is 0 Å². The van der Waals surface area contributed by atoms with Crippen LogP contribution in [0.4, 0.5) is 0 Å². The van der Waals surface area contributed by atoms with Gasteiger partial charge in [0.2, 0.25) is 19.5 Å². The van der Waals surface area contributed by atoms with E-state index < -0.39 is 0 Å². The molecule has 0 unspecified atom stereocenters. The first kappa shape index (κ1) is 16.7. The molecule has 6 nitrogen and oxygen atoms in total. The average molecular weight is 377 g/mol. The van der Waals surface area contributed by atoms with Gasteiger partial charge in [0.15, 0.2) is 23.0 Å². The average Bonchev–Trinajstić information content (AvgIpc) is 3.34. The number of carbonyl (C=O) groups excluding carboxylic acids is 1. The van der Waals surface area contributed by atoms with E-state index in [9.17, 15) is 4.79 Å². The highest BCUT2D eigenvalue weighted by Gasteiger charge is 2.15. The van der Waals surface area contributed by atoms with Crippen molar-refractivity contribution in [1.29, 1.82) is 0 Å². The summed E-state index contributed by atoms with van der Waals surface area (Å²) in [5, 5.41) is 5.08. The van der Waals surface area contributed by atoms with Crippen LogP contribution in [0.15, 0.2) is 48.5 Å². The maximum absolute atomic E-state index is 12.3. The molecule has 1 amide bonds. The number of nitrogens with one attached hydrogen (secondary N) is 1. The maximum atomic E-state index is 12.3. The van der Waals surface area contributed by atoms with Gasteiger partial charge in [0, 0.05) is 6.54 Å². The number of benzene rings is 3. The molecule has 3 aromatic rings. The third-order valence-corrected chi connectivity index (χ3v) is 4.93. The molecular weight excluding hydrogens is 358 g/mol. The Morgan fingerprint density at radius 3 is 2.25 bits per heavy atom. The van der Waals surface area contributed by atoms with Crippen molar-refractivity contribution in [3.63, 3.8) is 0 Å². The maximum Gasteiger partial charge on any atom is 0.231 e. The van der Waals surface area contributed by atoms with Gasteiger partial charge in [0.1, 0.15) is 0 Å². The number of rotatable bonds is 5. The molecule has 5 rings (SSSR count). The van der Waals surface area contributed by atoms with Crippen molar-refractivity contribution >= 4 is 16.7 Å². The van der Waals surface area contributed by atoms with Crippen molar-refractivity contribution in [2.75, 3.05) is 20.1 Å². The third kappa shape index (κ3) is 3.29. The monoisotopic (exact) mass is 377 g/mol. The minimum absolute atomic E-state index is 0.000775.